The maximum atomic E-state index is 13.7. The molecule has 1 aliphatic heterocycles. The normalized spacial score (nSPS) is 13.0. The number of rotatable bonds is 6. The van der Waals surface area contributed by atoms with Crippen LogP contribution in [0.2, 0.25) is 0 Å². The number of hydrogen-bond donors (Lipinski definition) is 0. The molecule has 0 aromatic heterocycles. The highest BCUT2D eigenvalue weighted by atomic mass is 32.2. The SMILES string of the molecule is COc1ccc(N(Cc2cccc(C)c2)S(=O)(=O)c2ccc3c(c2)OCCO3)cc1. The van der Waals surface area contributed by atoms with Crippen molar-refractivity contribution in [3.05, 3.63) is 77.9 Å². The second-order valence-electron chi connectivity index (χ2n) is 7.00. The summed E-state index contributed by atoms with van der Waals surface area (Å²) in [7, 11) is -2.29. The zero-order valence-electron chi connectivity index (χ0n) is 16.9. The van der Waals surface area contributed by atoms with Crippen molar-refractivity contribution >= 4 is 15.7 Å². The average Bonchev–Trinajstić information content (AvgIpc) is 2.77. The minimum Gasteiger partial charge on any atom is -0.497 e. The lowest BCUT2D eigenvalue weighted by Crippen LogP contribution is -2.30. The van der Waals surface area contributed by atoms with Crippen LogP contribution in [-0.4, -0.2) is 28.7 Å². The molecule has 3 aromatic carbocycles. The van der Waals surface area contributed by atoms with Gasteiger partial charge in [-0.25, -0.2) is 8.42 Å². The molecular weight excluding hydrogens is 402 g/mol. The molecule has 0 saturated carbocycles. The van der Waals surface area contributed by atoms with E-state index in [1.165, 1.54) is 10.4 Å². The first-order chi connectivity index (χ1) is 14.5. The molecule has 30 heavy (non-hydrogen) atoms. The lowest BCUT2D eigenvalue weighted by atomic mass is 10.1. The molecule has 4 rings (SSSR count). The van der Waals surface area contributed by atoms with E-state index in [-0.39, 0.29) is 11.4 Å². The number of aryl methyl sites for hydroxylation is 1. The minimum atomic E-state index is -3.86. The Bertz CT molecular complexity index is 1140. The molecule has 1 aliphatic rings. The van der Waals surface area contributed by atoms with Gasteiger partial charge >= 0.3 is 0 Å². The first-order valence-electron chi connectivity index (χ1n) is 9.59. The van der Waals surface area contributed by atoms with E-state index in [1.54, 1.807) is 43.5 Å². The number of nitrogens with zero attached hydrogens (tertiary/aromatic N) is 1. The number of ether oxygens (including phenoxy) is 3. The Balaban J connectivity index is 1.77. The zero-order chi connectivity index (χ0) is 21.1. The lowest BCUT2D eigenvalue weighted by molar-refractivity contribution is 0.171. The van der Waals surface area contributed by atoms with Gasteiger partial charge in [0.2, 0.25) is 0 Å². The van der Waals surface area contributed by atoms with Crippen molar-refractivity contribution in [2.24, 2.45) is 0 Å². The summed E-state index contributed by atoms with van der Waals surface area (Å²) in [6, 6.07) is 19.5. The highest BCUT2D eigenvalue weighted by Crippen LogP contribution is 2.35. The van der Waals surface area contributed by atoms with Crippen molar-refractivity contribution in [3.63, 3.8) is 0 Å². The fourth-order valence-electron chi connectivity index (χ4n) is 3.35. The fourth-order valence-corrected chi connectivity index (χ4v) is 4.82. The lowest BCUT2D eigenvalue weighted by Gasteiger charge is -2.26. The monoisotopic (exact) mass is 425 g/mol. The predicted octanol–water partition coefficient (Wildman–Crippen LogP) is 4.17. The first kappa shape index (κ1) is 20.1. The number of anilines is 1. The summed E-state index contributed by atoms with van der Waals surface area (Å²) in [5.74, 6) is 1.65. The van der Waals surface area contributed by atoms with Crippen LogP contribution in [0, 0.1) is 6.92 Å². The third-order valence-electron chi connectivity index (χ3n) is 4.87. The van der Waals surface area contributed by atoms with Gasteiger partial charge in [-0.05, 0) is 48.9 Å². The third-order valence-corrected chi connectivity index (χ3v) is 6.64. The Labute approximate surface area is 176 Å². The Hall–Kier alpha value is -3.19. The number of methoxy groups -OCH3 is 1. The molecule has 0 aliphatic carbocycles. The predicted molar refractivity (Wildman–Crippen MR) is 115 cm³/mol. The topological polar surface area (TPSA) is 65.1 Å². The van der Waals surface area contributed by atoms with Gasteiger partial charge in [-0.3, -0.25) is 4.31 Å². The van der Waals surface area contributed by atoms with Crippen LogP contribution >= 0.6 is 0 Å². The average molecular weight is 426 g/mol. The van der Waals surface area contributed by atoms with Crippen LogP contribution < -0.4 is 18.5 Å². The van der Waals surface area contributed by atoms with Gasteiger partial charge in [0.25, 0.3) is 10.0 Å². The smallest absolute Gasteiger partial charge is 0.264 e. The van der Waals surface area contributed by atoms with Crippen LogP contribution in [0.1, 0.15) is 11.1 Å². The van der Waals surface area contributed by atoms with Crippen molar-refractivity contribution in [1.29, 1.82) is 0 Å². The van der Waals surface area contributed by atoms with E-state index in [2.05, 4.69) is 0 Å². The van der Waals surface area contributed by atoms with Crippen molar-refractivity contribution in [2.45, 2.75) is 18.4 Å². The number of hydrogen-bond acceptors (Lipinski definition) is 5. The van der Waals surface area contributed by atoms with E-state index in [1.807, 2.05) is 31.2 Å². The summed E-state index contributed by atoms with van der Waals surface area (Å²) < 4.78 is 45.0. The summed E-state index contributed by atoms with van der Waals surface area (Å²) in [6.45, 7) is 3.02. The van der Waals surface area contributed by atoms with Gasteiger partial charge in [0.15, 0.2) is 11.5 Å². The molecule has 0 atom stereocenters. The number of sulfonamides is 1. The van der Waals surface area contributed by atoms with Gasteiger partial charge in [-0.15, -0.1) is 0 Å². The largest absolute Gasteiger partial charge is 0.497 e. The Morgan fingerprint density at radius 3 is 2.37 bits per heavy atom. The van der Waals surface area contributed by atoms with Crippen molar-refractivity contribution < 1.29 is 22.6 Å². The van der Waals surface area contributed by atoms with E-state index in [9.17, 15) is 8.42 Å². The molecule has 0 N–H and O–H groups in total. The van der Waals surface area contributed by atoms with Crippen LogP contribution in [0.4, 0.5) is 5.69 Å². The number of benzene rings is 3. The van der Waals surface area contributed by atoms with Crippen molar-refractivity contribution in [1.82, 2.24) is 0 Å². The number of fused-ring (bicyclic) bond motifs is 1. The van der Waals surface area contributed by atoms with Gasteiger partial charge in [-0.1, -0.05) is 29.8 Å². The molecule has 1 heterocycles. The molecule has 0 spiro atoms. The summed E-state index contributed by atoms with van der Waals surface area (Å²) in [5.41, 5.74) is 2.51. The first-order valence-corrected chi connectivity index (χ1v) is 11.0. The maximum absolute atomic E-state index is 13.7. The molecule has 6 nitrogen and oxygen atoms in total. The van der Waals surface area contributed by atoms with E-state index < -0.39 is 10.0 Å². The minimum absolute atomic E-state index is 0.148. The molecule has 3 aromatic rings. The zero-order valence-corrected chi connectivity index (χ0v) is 17.7. The van der Waals surface area contributed by atoms with Gasteiger partial charge in [0, 0.05) is 6.07 Å². The van der Waals surface area contributed by atoms with Crippen LogP contribution in [0.5, 0.6) is 17.2 Å². The third kappa shape index (κ3) is 4.07. The molecule has 0 bridgehead atoms. The molecule has 0 amide bonds. The van der Waals surface area contributed by atoms with Gasteiger partial charge in [0.1, 0.15) is 19.0 Å². The Morgan fingerprint density at radius 1 is 0.933 bits per heavy atom. The Kier molecular flexibility index (Phi) is 5.55. The molecule has 0 fully saturated rings. The highest BCUT2D eigenvalue weighted by molar-refractivity contribution is 7.92. The summed E-state index contributed by atoms with van der Waals surface area (Å²) in [6.07, 6.45) is 0. The highest BCUT2D eigenvalue weighted by Gasteiger charge is 2.27. The van der Waals surface area contributed by atoms with E-state index in [0.717, 1.165) is 11.1 Å². The standard InChI is InChI=1S/C23H23NO5S/c1-17-4-3-5-18(14-17)16-24(19-6-8-20(27-2)9-7-19)30(25,26)21-10-11-22-23(15-21)29-13-12-28-22/h3-11,14-15H,12-13,16H2,1-2H3. The molecule has 7 heteroatoms. The molecule has 0 unspecified atom stereocenters. The Morgan fingerprint density at radius 2 is 1.67 bits per heavy atom. The van der Waals surface area contributed by atoms with E-state index in [4.69, 9.17) is 14.2 Å². The quantitative estimate of drug-likeness (QED) is 0.593. The maximum Gasteiger partial charge on any atom is 0.264 e. The van der Waals surface area contributed by atoms with Crippen LogP contribution in [0.15, 0.2) is 71.6 Å². The second kappa shape index (κ2) is 8.28. The van der Waals surface area contributed by atoms with E-state index >= 15 is 0 Å². The molecular formula is C23H23NO5S. The van der Waals surface area contributed by atoms with E-state index in [0.29, 0.717) is 36.1 Å². The fraction of sp³-hybridized carbons (Fsp3) is 0.217. The molecule has 156 valence electrons. The summed E-state index contributed by atoms with van der Waals surface area (Å²) in [5, 5.41) is 0. The molecule has 0 radical (unpaired) electrons. The van der Waals surface area contributed by atoms with Gasteiger partial charge < -0.3 is 14.2 Å². The van der Waals surface area contributed by atoms with Crippen molar-refractivity contribution in [2.75, 3.05) is 24.6 Å². The van der Waals surface area contributed by atoms with Crippen molar-refractivity contribution in [3.8, 4) is 17.2 Å². The molecule has 0 saturated heterocycles. The van der Waals surface area contributed by atoms with Crippen LogP contribution in [0.25, 0.3) is 0 Å². The van der Waals surface area contributed by atoms with Gasteiger partial charge in [-0.2, -0.15) is 0 Å². The van der Waals surface area contributed by atoms with Crippen LogP contribution in [0.3, 0.4) is 0 Å². The van der Waals surface area contributed by atoms with Gasteiger partial charge in [0.05, 0.1) is 24.2 Å². The summed E-state index contributed by atoms with van der Waals surface area (Å²) in [4.78, 5) is 0.148. The van der Waals surface area contributed by atoms with Crippen LogP contribution in [-0.2, 0) is 16.6 Å². The summed E-state index contributed by atoms with van der Waals surface area (Å²) >= 11 is 0. The second-order valence-corrected chi connectivity index (χ2v) is 8.87.